The van der Waals surface area contributed by atoms with E-state index in [-0.39, 0.29) is 16.3 Å². The Morgan fingerprint density at radius 2 is 1.90 bits per heavy atom. The van der Waals surface area contributed by atoms with Crippen LogP contribution in [0.4, 0.5) is 0 Å². The molecule has 0 radical (unpaired) electrons. The van der Waals surface area contributed by atoms with Gasteiger partial charge in [-0.1, -0.05) is 40.5 Å². The van der Waals surface area contributed by atoms with E-state index in [0.717, 1.165) is 5.56 Å². The van der Waals surface area contributed by atoms with Gasteiger partial charge in [-0.25, -0.2) is 8.42 Å². The second-order valence-corrected chi connectivity index (χ2v) is 8.03. The van der Waals surface area contributed by atoms with Crippen LogP contribution >= 0.6 is 15.9 Å². The molecule has 118 valence electrons. The second-order valence-electron chi connectivity index (χ2n) is 4.76. The summed E-state index contributed by atoms with van der Waals surface area (Å²) >= 11 is 3.33. The number of ether oxygens (including phenoxy) is 1. The summed E-state index contributed by atoms with van der Waals surface area (Å²) in [4.78, 5) is 12.0. The molecule has 1 unspecified atom stereocenters. The molecule has 5 nitrogen and oxygen atoms in total. The van der Waals surface area contributed by atoms with Gasteiger partial charge in [-0.15, -0.1) is 0 Å². The summed E-state index contributed by atoms with van der Waals surface area (Å²) in [5, 5.41) is 0. The predicted octanol–water partition coefficient (Wildman–Crippen LogP) is 2.38. The molecular formula is C14H20BrNO4S. The third-order valence-corrected chi connectivity index (χ3v) is 4.62. The summed E-state index contributed by atoms with van der Waals surface area (Å²) in [7, 11) is -3.76. The summed E-state index contributed by atoms with van der Waals surface area (Å²) in [5.41, 5.74) is 0.963. The van der Waals surface area contributed by atoms with E-state index < -0.39 is 22.0 Å². The number of halogens is 1. The molecule has 1 aromatic carbocycles. The van der Waals surface area contributed by atoms with Crippen molar-refractivity contribution in [1.29, 1.82) is 0 Å². The Hall–Kier alpha value is -0.920. The first kappa shape index (κ1) is 18.1. The number of sulfonamides is 1. The van der Waals surface area contributed by atoms with Crippen molar-refractivity contribution < 1.29 is 17.9 Å². The topological polar surface area (TPSA) is 72.5 Å². The number of benzene rings is 1. The Morgan fingerprint density at radius 1 is 1.33 bits per heavy atom. The number of hydrogen-bond donors (Lipinski definition) is 1. The summed E-state index contributed by atoms with van der Waals surface area (Å²) in [6.07, 6.45) is 0.309. The molecule has 0 saturated heterocycles. The van der Waals surface area contributed by atoms with Crippen molar-refractivity contribution in [3.8, 4) is 0 Å². The van der Waals surface area contributed by atoms with Gasteiger partial charge in [0.05, 0.1) is 11.5 Å². The van der Waals surface area contributed by atoms with Gasteiger partial charge in [-0.3, -0.25) is 4.79 Å². The molecular weight excluding hydrogens is 358 g/mol. The van der Waals surface area contributed by atoms with Crippen LogP contribution in [0.1, 0.15) is 25.8 Å². The minimum absolute atomic E-state index is 0.0207. The van der Waals surface area contributed by atoms with Crippen molar-refractivity contribution in [2.75, 3.05) is 6.61 Å². The number of carbonyl (C=O) groups is 1. The first-order valence-electron chi connectivity index (χ1n) is 6.66. The van der Waals surface area contributed by atoms with Gasteiger partial charge >= 0.3 is 5.97 Å². The highest BCUT2D eigenvalue weighted by Gasteiger charge is 2.27. The van der Waals surface area contributed by atoms with E-state index in [1.807, 2.05) is 13.8 Å². The summed E-state index contributed by atoms with van der Waals surface area (Å²) in [5.74, 6) is -0.570. The van der Waals surface area contributed by atoms with Crippen LogP contribution in [0.3, 0.4) is 0 Å². The number of aryl methyl sites for hydroxylation is 1. The lowest BCUT2D eigenvalue weighted by Crippen LogP contribution is -2.43. The van der Waals surface area contributed by atoms with Crippen LogP contribution in [0.15, 0.2) is 29.2 Å². The lowest BCUT2D eigenvalue weighted by Gasteiger charge is -2.18. The number of nitrogens with one attached hydrogen (secondary N) is 1. The molecule has 0 bridgehead atoms. The van der Waals surface area contributed by atoms with Crippen molar-refractivity contribution in [2.45, 2.75) is 43.0 Å². The molecule has 0 spiro atoms. The third-order valence-electron chi connectivity index (χ3n) is 2.76. The molecule has 0 saturated carbocycles. The van der Waals surface area contributed by atoms with Crippen LogP contribution in [-0.2, 0) is 19.6 Å². The molecule has 21 heavy (non-hydrogen) atoms. The van der Waals surface area contributed by atoms with Gasteiger partial charge in [0.25, 0.3) is 0 Å². The normalized spacial score (nSPS) is 14.5. The van der Waals surface area contributed by atoms with Crippen LogP contribution in [0, 0.1) is 6.92 Å². The molecule has 0 aliphatic rings. The fourth-order valence-corrected chi connectivity index (χ4v) is 3.30. The molecule has 2 atom stereocenters. The molecule has 0 aliphatic carbocycles. The van der Waals surface area contributed by atoms with Crippen LogP contribution in [0.5, 0.6) is 0 Å². The maximum Gasteiger partial charge on any atom is 0.324 e. The molecule has 0 amide bonds. The molecule has 0 fully saturated rings. The summed E-state index contributed by atoms with van der Waals surface area (Å²) < 4.78 is 32.0. The van der Waals surface area contributed by atoms with E-state index in [1.165, 1.54) is 12.1 Å². The Balaban J connectivity index is 2.95. The van der Waals surface area contributed by atoms with E-state index >= 15 is 0 Å². The van der Waals surface area contributed by atoms with Crippen LogP contribution in [0.2, 0.25) is 0 Å². The maximum atomic E-state index is 12.3. The zero-order valence-corrected chi connectivity index (χ0v) is 14.7. The SMILES string of the molecule is CCOC(=O)C(C[C@@H](C)Br)NS(=O)(=O)c1ccc(C)cc1. The summed E-state index contributed by atoms with van der Waals surface area (Å²) in [6, 6.07) is 5.53. The van der Waals surface area contributed by atoms with Crippen molar-refractivity contribution in [3.63, 3.8) is 0 Å². The van der Waals surface area contributed by atoms with Gasteiger partial charge in [0.1, 0.15) is 6.04 Å². The molecule has 1 aromatic rings. The highest BCUT2D eigenvalue weighted by Crippen LogP contribution is 2.14. The smallest absolute Gasteiger partial charge is 0.324 e. The number of esters is 1. The van der Waals surface area contributed by atoms with Crippen molar-refractivity contribution in [1.82, 2.24) is 4.72 Å². The van der Waals surface area contributed by atoms with Crippen molar-refractivity contribution >= 4 is 31.9 Å². The average Bonchev–Trinajstić information content (AvgIpc) is 2.38. The van der Waals surface area contributed by atoms with Crippen molar-refractivity contribution in [2.24, 2.45) is 0 Å². The lowest BCUT2D eigenvalue weighted by molar-refractivity contribution is -0.145. The Bertz CT molecular complexity index is 569. The highest BCUT2D eigenvalue weighted by atomic mass is 79.9. The van der Waals surface area contributed by atoms with Crippen molar-refractivity contribution in [3.05, 3.63) is 29.8 Å². The standard InChI is InChI=1S/C14H20BrNO4S/c1-4-20-14(17)13(9-11(3)15)16-21(18,19)12-7-5-10(2)6-8-12/h5-8,11,13,16H,4,9H2,1-3H3/t11-,13?/m1/s1. The van der Waals surface area contributed by atoms with E-state index in [1.54, 1.807) is 19.1 Å². The Morgan fingerprint density at radius 3 is 2.38 bits per heavy atom. The molecule has 7 heteroatoms. The monoisotopic (exact) mass is 377 g/mol. The van der Waals surface area contributed by atoms with Gasteiger partial charge in [0.15, 0.2) is 0 Å². The first-order chi connectivity index (χ1) is 9.76. The van der Waals surface area contributed by atoms with Gasteiger partial charge in [0, 0.05) is 4.83 Å². The van der Waals surface area contributed by atoms with E-state index in [4.69, 9.17) is 4.74 Å². The Kier molecular flexibility index (Phi) is 6.83. The average molecular weight is 378 g/mol. The van der Waals surface area contributed by atoms with Gasteiger partial charge in [0.2, 0.25) is 10.0 Å². The zero-order chi connectivity index (χ0) is 16.0. The van der Waals surface area contributed by atoms with Gasteiger partial charge in [-0.2, -0.15) is 4.72 Å². The largest absolute Gasteiger partial charge is 0.465 e. The van der Waals surface area contributed by atoms with E-state index in [9.17, 15) is 13.2 Å². The zero-order valence-electron chi connectivity index (χ0n) is 12.3. The highest BCUT2D eigenvalue weighted by molar-refractivity contribution is 9.09. The van der Waals surface area contributed by atoms with E-state index in [2.05, 4.69) is 20.7 Å². The van der Waals surface area contributed by atoms with E-state index in [0.29, 0.717) is 6.42 Å². The van der Waals surface area contributed by atoms with Gasteiger partial charge < -0.3 is 4.74 Å². The second kappa shape index (κ2) is 7.91. The number of carbonyl (C=O) groups excluding carboxylic acids is 1. The quantitative estimate of drug-likeness (QED) is 0.584. The lowest BCUT2D eigenvalue weighted by atomic mass is 10.2. The fraction of sp³-hybridized carbons (Fsp3) is 0.500. The summed E-state index contributed by atoms with van der Waals surface area (Å²) in [6.45, 7) is 5.60. The predicted molar refractivity (Wildman–Crippen MR) is 84.9 cm³/mol. The van der Waals surface area contributed by atoms with Crippen LogP contribution in [-0.4, -0.2) is 31.9 Å². The third kappa shape index (κ3) is 5.76. The molecule has 0 aromatic heterocycles. The molecule has 1 rings (SSSR count). The number of rotatable bonds is 7. The Labute approximate surface area is 134 Å². The van der Waals surface area contributed by atoms with Crippen LogP contribution < -0.4 is 4.72 Å². The van der Waals surface area contributed by atoms with Crippen LogP contribution in [0.25, 0.3) is 0 Å². The maximum absolute atomic E-state index is 12.3. The molecule has 0 heterocycles. The van der Waals surface area contributed by atoms with Gasteiger partial charge in [-0.05, 0) is 32.4 Å². The minimum Gasteiger partial charge on any atom is -0.465 e. The molecule has 0 aliphatic heterocycles. The molecule has 1 N–H and O–H groups in total. The fourth-order valence-electron chi connectivity index (χ4n) is 1.73. The first-order valence-corrected chi connectivity index (χ1v) is 9.06. The minimum atomic E-state index is -3.76. The number of alkyl halides is 1. The number of hydrogen-bond acceptors (Lipinski definition) is 4.